The first-order valence-corrected chi connectivity index (χ1v) is 13.6. The number of esters is 2. The van der Waals surface area contributed by atoms with Crippen molar-refractivity contribution in [3.05, 3.63) is 29.8 Å². The maximum atomic E-state index is 13.6. The summed E-state index contributed by atoms with van der Waals surface area (Å²) in [5.41, 5.74) is -0.469. The Balaban J connectivity index is 2.19. The smallest absolute Gasteiger partial charge is 0.337 e. The molecule has 1 aliphatic rings. The van der Waals surface area contributed by atoms with Gasteiger partial charge in [-0.25, -0.2) is 9.59 Å². The molecule has 0 spiro atoms. The number of ether oxygens (including phenoxy) is 3. The van der Waals surface area contributed by atoms with Crippen molar-refractivity contribution in [2.24, 2.45) is 5.92 Å². The van der Waals surface area contributed by atoms with Crippen LogP contribution < -0.4 is 15.4 Å². The molecule has 1 aromatic rings. The van der Waals surface area contributed by atoms with E-state index in [1.165, 1.54) is 14.0 Å². The van der Waals surface area contributed by atoms with Gasteiger partial charge in [-0.3, -0.25) is 14.4 Å². The molecular weight excluding hydrogens is 512 g/mol. The summed E-state index contributed by atoms with van der Waals surface area (Å²) in [5, 5.41) is 4.92. The van der Waals surface area contributed by atoms with Gasteiger partial charge in [0.25, 0.3) is 0 Å². The number of amides is 2. The topological polar surface area (TPSA) is 137 Å². The summed E-state index contributed by atoms with van der Waals surface area (Å²) in [5.74, 6) is -1.76. The van der Waals surface area contributed by atoms with Gasteiger partial charge in [0.15, 0.2) is 5.12 Å². The van der Waals surface area contributed by atoms with Crippen LogP contribution in [0.3, 0.4) is 0 Å². The number of carbonyl (C=O) groups is 5. The minimum absolute atomic E-state index is 0.116. The molecular formula is C27H38N2O8S. The van der Waals surface area contributed by atoms with Gasteiger partial charge in [-0.05, 0) is 43.4 Å². The average Bonchev–Trinajstić information content (AvgIpc) is 3.33. The number of hydrogen-bond donors (Lipinski definition) is 2. The van der Waals surface area contributed by atoms with E-state index in [4.69, 9.17) is 14.2 Å². The maximum absolute atomic E-state index is 13.6. The Hall–Kier alpha value is -2.92. The number of thioether (sulfide) groups is 1. The van der Waals surface area contributed by atoms with Crippen molar-refractivity contribution in [3.8, 4) is 5.75 Å². The molecule has 0 saturated heterocycles. The molecule has 2 N–H and O–H groups in total. The lowest BCUT2D eigenvalue weighted by molar-refractivity contribution is -0.148. The van der Waals surface area contributed by atoms with Crippen LogP contribution in [0.2, 0.25) is 0 Å². The van der Waals surface area contributed by atoms with Crippen molar-refractivity contribution < 1.29 is 38.2 Å². The Morgan fingerprint density at radius 1 is 1.05 bits per heavy atom. The highest BCUT2D eigenvalue weighted by molar-refractivity contribution is 8.14. The van der Waals surface area contributed by atoms with Gasteiger partial charge in [-0.2, -0.15) is 0 Å². The van der Waals surface area contributed by atoms with Gasteiger partial charge >= 0.3 is 11.9 Å². The Morgan fingerprint density at radius 3 is 2.21 bits per heavy atom. The number of benzene rings is 1. The first-order chi connectivity index (χ1) is 18.0. The van der Waals surface area contributed by atoms with Gasteiger partial charge < -0.3 is 24.8 Å². The van der Waals surface area contributed by atoms with E-state index in [9.17, 15) is 24.0 Å². The summed E-state index contributed by atoms with van der Waals surface area (Å²) in [4.78, 5) is 62.8. The molecule has 210 valence electrons. The Labute approximate surface area is 227 Å². The van der Waals surface area contributed by atoms with Crippen LogP contribution in [0.5, 0.6) is 5.75 Å². The van der Waals surface area contributed by atoms with Crippen molar-refractivity contribution in [3.63, 3.8) is 0 Å². The molecule has 10 nitrogen and oxygen atoms in total. The van der Waals surface area contributed by atoms with Gasteiger partial charge in [0, 0.05) is 20.5 Å². The van der Waals surface area contributed by atoms with E-state index in [1.807, 2.05) is 13.8 Å². The predicted molar refractivity (Wildman–Crippen MR) is 142 cm³/mol. The zero-order chi connectivity index (χ0) is 28.3. The third-order valence-electron chi connectivity index (χ3n) is 6.14. The molecule has 0 unspecified atom stereocenters. The summed E-state index contributed by atoms with van der Waals surface area (Å²) in [6.07, 6.45) is 2.48. The van der Waals surface area contributed by atoms with Crippen LogP contribution >= 0.6 is 11.8 Å². The molecule has 1 saturated carbocycles. The van der Waals surface area contributed by atoms with Crippen molar-refractivity contribution in [2.45, 2.75) is 76.6 Å². The zero-order valence-electron chi connectivity index (χ0n) is 22.7. The summed E-state index contributed by atoms with van der Waals surface area (Å²) in [7, 11) is 1.39. The van der Waals surface area contributed by atoms with Crippen LogP contribution in [0.15, 0.2) is 24.3 Å². The molecule has 1 aliphatic carbocycles. The number of rotatable bonds is 13. The average molecular weight is 551 g/mol. The van der Waals surface area contributed by atoms with Crippen molar-refractivity contribution in [1.82, 2.24) is 10.6 Å². The molecule has 0 bridgehead atoms. The van der Waals surface area contributed by atoms with Crippen molar-refractivity contribution >= 4 is 40.6 Å². The Bertz CT molecular complexity index is 989. The largest absolute Gasteiger partial charge is 0.464 e. The lowest BCUT2D eigenvalue weighted by Crippen LogP contribution is -2.61. The Morgan fingerprint density at radius 2 is 1.68 bits per heavy atom. The third-order valence-corrected chi connectivity index (χ3v) is 7.49. The van der Waals surface area contributed by atoms with Gasteiger partial charge in [-0.15, -0.1) is 0 Å². The summed E-state index contributed by atoms with van der Waals surface area (Å²) >= 11 is 0.949. The van der Waals surface area contributed by atoms with Crippen molar-refractivity contribution in [1.29, 1.82) is 0 Å². The predicted octanol–water partition coefficient (Wildman–Crippen LogP) is 2.56. The van der Waals surface area contributed by atoms with Crippen LogP contribution in [0, 0.1) is 5.92 Å². The minimum atomic E-state index is -1.17. The number of carbonyl (C=O) groups excluding carboxylic acids is 5. The fourth-order valence-electron chi connectivity index (χ4n) is 4.31. The Kier molecular flexibility index (Phi) is 12.2. The molecule has 0 aliphatic heterocycles. The first kappa shape index (κ1) is 31.3. The molecule has 0 heterocycles. The molecule has 0 radical (unpaired) electrons. The van der Waals surface area contributed by atoms with Crippen LogP contribution in [-0.2, 0) is 39.9 Å². The fourth-order valence-corrected chi connectivity index (χ4v) is 5.10. The lowest BCUT2D eigenvalue weighted by atomic mass is 9.94. The number of hydrogen-bond acceptors (Lipinski definition) is 9. The summed E-state index contributed by atoms with van der Waals surface area (Å²) in [6.45, 7) is 6.75. The minimum Gasteiger partial charge on any atom is -0.464 e. The summed E-state index contributed by atoms with van der Waals surface area (Å²) in [6, 6.07) is 5.56. The van der Waals surface area contributed by atoms with Crippen LogP contribution in [0.1, 0.15) is 58.9 Å². The second kappa shape index (κ2) is 14.9. The van der Waals surface area contributed by atoms with E-state index >= 15 is 0 Å². The highest BCUT2D eigenvalue weighted by Gasteiger charge is 2.45. The summed E-state index contributed by atoms with van der Waals surface area (Å²) < 4.78 is 15.1. The van der Waals surface area contributed by atoms with Crippen LogP contribution in [0.25, 0.3) is 0 Å². The fraction of sp³-hybridized carbons (Fsp3) is 0.593. The quantitative estimate of drug-likeness (QED) is 0.280. The van der Waals surface area contributed by atoms with E-state index in [0.717, 1.165) is 24.6 Å². The molecule has 2 atom stereocenters. The van der Waals surface area contributed by atoms with Crippen molar-refractivity contribution in [2.75, 3.05) is 20.3 Å². The maximum Gasteiger partial charge on any atom is 0.337 e. The molecule has 38 heavy (non-hydrogen) atoms. The van der Waals surface area contributed by atoms with Gasteiger partial charge in [0.05, 0.1) is 11.9 Å². The monoisotopic (exact) mass is 550 g/mol. The molecule has 0 aromatic heterocycles. The van der Waals surface area contributed by atoms with Gasteiger partial charge in [0.1, 0.15) is 23.9 Å². The highest BCUT2D eigenvalue weighted by atomic mass is 32.2. The van der Waals surface area contributed by atoms with E-state index in [-0.39, 0.29) is 36.6 Å². The standard InChI is InChI=1S/C27H38N2O8S/c1-6-36-25(33)21(15-19-9-11-20(12-10-19)37-22(31)16-35-5)28-26(34)27(13-7-8-14-27)29-24(32)23(17(2)3)38-18(4)30/h9-12,17,21,23H,6-8,13-16H2,1-5H3,(H,28,34)(H,29,32)/t21-,23+/m0/s1. The zero-order valence-corrected chi connectivity index (χ0v) is 23.5. The van der Waals surface area contributed by atoms with Gasteiger partial charge in [-0.1, -0.05) is 50.6 Å². The van der Waals surface area contributed by atoms with Crippen LogP contribution in [0.4, 0.5) is 0 Å². The molecule has 1 aromatic carbocycles. The number of methoxy groups -OCH3 is 1. The van der Waals surface area contributed by atoms with E-state index in [2.05, 4.69) is 10.6 Å². The molecule has 2 rings (SSSR count). The molecule has 2 amide bonds. The second-order valence-corrected chi connectivity index (χ2v) is 10.9. The lowest BCUT2D eigenvalue weighted by Gasteiger charge is -2.33. The molecule has 1 fully saturated rings. The normalized spacial score (nSPS) is 15.8. The van der Waals surface area contributed by atoms with E-state index in [0.29, 0.717) is 24.2 Å². The highest BCUT2D eigenvalue weighted by Crippen LogP contribution is 2.32. The first-order valence-electron chi connectivity index (χ1n) is 12.8. The van der Waals surface area contributed by atoms with Gasteiger partial charge in [0.2, 0.25) is 11.8 Å². The van der Waals surface area contributed by atoms with Crippen LogP contribution in [-0.4, -0.2) is 66.0 Å². The molecule has 11 heteroatoms. The van der Waals surface area contributed by atoms with E-state index < -0.39 is 34.7 Å². The van der Waals surface area contributed by atoms with E-state index in [1.54, 1.807) is 31.2 Å². The third kappa shape index (κ3) is 9.13. The number of nitrogens with one attached hydrogen (secondary N) is 2. The SMILES string of the molecule is CCOC(=O)[C@H](Cc1ccc(OC(=O)COC)cc1)NC(=O)C1(NC(=O)[C@H](SC(C)=O)C(C)C)CCCC1. The second-order valence-electron chi connectivity index (χ2n) is 9.59.